The summed E-state index contributed by atoms with van der Waals surface area (Å²) in [6, 6.07) is 1.59. The fourth-order valence-electron chi connectivity index (χ4n) is 0.992. The van der Waals surface area contributed by atoms with Crippen molar-refractivity contribution >= 4 is 17.6 Å². The molecule has 7 heteroatoms. The second-order valence-electron chi connectivity index (χ2n) is 2.48. The number of carbonyl (C=O) groups is 1. The fourth-order valence-corrected chi connectivity index (χ4v) is 1.21. The zero-order chi connectivity index (χ0) is 11.4. The van der Waals surface area contributed by atoms with E-state index in [1.165, 1.54) is 7.11 Å². The van der Waals surface area contributed by atoms with Gasteiger partial charge in [-0.15, -0.1) is 0 Å². The van der Waals surface area contributed by atoms with E-state index in [0.717, 1.165) is 6.33 Å². The Kier molecular flexibility index (Phi) is 3.42. The molecule has 0 amide bonds. The molecule has 0 fully saturated rings. The molecular weight excluding hydrogens is 222 g/mol. The van der Waals surface area contributed by atoms with Crippen LogP contribution < -0.4 is 4.74 Å². The van der Waals surface area contributed by atoms with E-state index < -0.39 is 11.9 Å². The summed E-state index contributed by atoms with van der Waals surface area (Å²) >= 11 is 5.66. The highest BCUT2D eigenvalue weighted by Crippen LogP contribution is 2.29. The Balaban J connectivity index is 3.30. The topological polar surface area (TPSA) is 96.1 Å². The minimum Gasteiger partial charge on any atom is -0.492 e. The van der Waals surface area contributed by atoms with Crippen LogP contribution in [0.25, 0.3) is 0 Å². The zero-order valence-corrected chi connectivity index (χ0v) is 8.39. The van der Waals surface area contributed by atoms with Gasteiger partial charge in [-0.1, -0.05) is 11.6 Å². The van der Waals surface area contributed by atoms with Crippen molar-refractivity contribution in [2.45, 2.75) is 5.92 Å². The van der Waals surface area contributed by atoms with Gasteiger partial charge in [0.15, 0.2) is 16.8 Å². The third-order valence-corrected chi connectivity index (χ3v) is 1.91. The molecule has 0 spiro atoms. The molecule has 1 heterocycles. The molecule has 0 saturated heterocycles. The first-order valence-corrected chi connectivity index (χ1v) is 4.16. The van der Waals surface area contributed by atoms with Crippen LogP contribution in [0.15, 0.2) is 6.33 Å². The first kappa shape index (κ1) is 11.2. The van der Waals surface area contributed by atoms with Gasteiger partial charge >= 0.3 is 5.97 Å². The second-order valence-corrected chi connectivity index (χ2v) is 2.84. The summed E-state index contributed by atoms with van der Waals surface area (Å²) in [5.41, 5.74) is -0.0486. The van der Waals surface area contributed by atoms with Gasteiger partial charge in [0.05, 0.1) is 13.2 Å². The number of aromatic nitrogens is 2. The third kappa shape index (κ3) is 2.14. The number of hydrogen-bond acceptors (Lipinski definition) is 5. The van der Waals surface area contributed by atoms with Gasteiger partial charge in [0.1, 0.15) is 12.0 Å². The van der Waals surface area contributed by atoms with Crippen molar-refractivity contribution in [2.75, 3.05) is 7.11 Å². The molecule has 0 aliphatic heterocycles. The third-order valence-electron chi connectivity index (χ3n) is 1.64. The molecule has 1 atom stereocenters. The van der Waals surface area contributed by atoms with Crippen LogP contribution in [-0.4, -0.2) is 28.2 Å². The lowest BCUT2D eigenvalue weighted by Crippen LogP contribution is -2.13. The van der Waals surface area contributed by atoms with Crippen LogP contribution in [0.2, 0.25) is 5.15 Å². The Morgan fingerprint density at radius 3 is 2.87 bits per heavy atom. The molecule has 1 aromatic heterocycles. The smallest absolute Gasteiger partial charge is 0.327 e. The number of aliphatic carboxylic acids is 1. The molecule has 0 aliphatic carbocycles. The maximum atomic E-state index is 10.7. The van der Waals surface area contributed by atoms with E-state index in [-0.39, 0.29) is 16.6 Å². The van der Waals surface area contributed by atoms with Gasteiger partial charge in [0.2, 0.25) is 0 Å². The molecule has 1 rings (SSSR count). The summed E-state index contributed by atoms with van der Waals surface area (Å²) in [7, 11) is 1.30. The number of carboxylic acids is 1. The van der Waals surface area contributed by atoms with Crippen molar-refractivity contribution in [3.05, 3.63) is 17.2 Å². The van der Waals surface area contributed by atoms with E-state index in [1.807, 2.05) is 0 Å². The minimum atomic E-state index is -1.42. The van der Waals surface area contributed by atoms with Crippen molar-refractivity contribution in [2.24, 2.45) is 0 Å². The van der Waals surface area contributed by atoms with Gasteiger partial charge in [-0.3, -0.25) is 4.79 Å². The lowest BCUT2D eigenvalue weighted by molar-refractivity contribution is -0.137. The Hall–Kier alpha value is -1.87. The molecule has 0 saturated carbocycles. The van der Waals surface area contributed by atoms with Crippen molar-refractivity contribution in [1.29, 1.82) is 5.26 Å². The predicted octanol–water partition coefficient (Wildman–Crippen LogP) is 0.830. The van der Waals surface area contributed by atoms with E-state index in [0.29, 0.717) is 0 Å². The van der Waals surface area contributed by atoms with Crippen LogP contribution in [-0.2, 0) is 4.79 Å². The summed E-state index contributed by atoms with van der Waals surface area (Å²) in [4.78, 5) is 18.0. The molecule has 0 aliphatic rings. The molecule has 78 valence electrons. The van der Waals surface area contributed by atoms with Crippen LogP contribution in [0.4, 0.5) is 0 Å². The Bertz CT molecular complexity index is 430. The summed E-state index contributed by atoms with van der Waals surface area (Å²) < 4.78 is 4.84. The van der Waals surface area contributed by atoms with Gasteiger partial charge in [-0.2, -0.15) is 5.26 Å². The number of methoxy groups -OCH3 is 1. The molecule has 1 unspecified atom stereocenters. The van der Waals surface area contributed by atoms with Gasteiger partial charge in [-0.25, -0.2) is 9.97 Å². The number of hydrogen-bond donors (Lipinski definition) is 1. The van der Waals surface area contributed by atoms with Crippen molar-refractivity contribution in [3.8, 4) is 11.8 Å². The lowest BCUT2D eigenvalue weighted by atomic mass is 10.1. The van der Waals surface area contributed by atoms with Crippen molar-refractivity contribution in [1.82, 2.24) is 9.97 Å². The number of nitrogens with zero attached hydrogens (tertiary/aromatic N) is 3. The van der Waals surface area contributed by atoms with Crippen LogP contribution in [0, 0.1) is 11.3 Å². The highest BCUT2D eigenvalue weighted by Gasteiger charge is 2.26. The molecule has 0 bridgehead atoms. The average Bonchev–Trinajstić information content (AvgIpc) is 2.18. The van der Waals surface area contributed by atoms with Crippen LogP contribution in [0.5, 0.6) is 5.75 Å². The van der Waals surface area contributed by atoms with E-state index in [4.69, 9.17) is 26.7 Å². The van der Waals surface area contributed by atoms with Gasteiger partial charge in [0, 0.05) is 0 Å². The maximum Gasteiger partial charge on any atom is 0.327 e. The maximum absolute atomic E-state index is 10.7. The highest BCUT2D eigenvalue weighted by atomic mass is 35.5. The van der Waals surface area contributed by atoms with Gasteiger partial charge in [0.25, 0.3) is 0 Å². The normalized spacial score (nSPS) is 11.5. The molecule has 1 N–H and O–H groups in total. The molecule has 0 aromatic carbocycles. The number of carboxylic acid groups (broad SMARTS) is 1. The predicted molar refractivity (Wildman–Crippen MR) is 49.6 cm³/mol. The number of rotatable bonds is 3. The summed E-state index contributed by atoms with van der Waals surface area (Å²) in [6.07, 6.45) is 1.08. The molecule has 6 nitrogen and oxygen atoms in total. The SMILES string of the molecule is COc1c(Cl)ncnc1C(C#N)C(=O)O. The standard InChI is InChI=1S/C8H6ClN3O3/c1-15-6-5(4(2-10)8(13)14)11-3-12-7(6)9/h3-4H,1H3,(H,13,14). The Labute approximate surface area is 90.1 Å². The van der Waals surface area contributed by atoms with E-state index in [9.17, 15) is 4.79 Å². The Morgan fingerprint density at radius 1 is 1.73 bits per heavy atom. The van der Waals surface area contributed by atoms with Gasteiger partial charge in [-0.05, 0) is 0 Å². The first-order chi connectivity index (χ1) is 7.11. The second kappa shape index (κ2) is 4.57. The Morgan fingerprint density at radius 2 is 2.40 bits per heavy atom. The minimum absolute atomic E-state index is 0.00752. The first-order valence-electron chi connectivity index (χ1n) is 3.78. The quantitative estimate of drug-likeness (QED) is 0.769. The number of ether oxygens (including phenoxy) is 1. The zero-order valence-electron chi connectivity index (χ0n) is 7.64. The molecule has 1 aromatic rings. The summed E-state index contributed by atoms with van der Waals surface area (Å²) in [5.74, 6) is -2.72. The van der Waals surface area contributed by atoms with Gasteiger partial charge < -0.3 is 9.84 Å². The largest absolute Gasteiger partial charge is 0.492 e. The average molecular weight is 228 g/mol. The van der Waals surface area contributed by atoms with Crippen molar-refractivity contribution in [3.63, 3.8) is 0 Å². The van der Waals surface area contributed by atoms with Crippen molar-refractivity contribution < 1.29 is 14.6 Å². The lowest BCUT2D eigenvalue weighted by Gasteiger charge is -2.09. The molecular formula is C8H6ClN3O3. The molecule has 0 radical (unpaired) electrons. The molecule has 15 heavy (non-hydrogen) atoms. The van der Waals surface area contributed by atoms with Crippen LogP contribution in [0.3, 0.4) is 0 Å². The van der Waals surface area contributed by atoms with E-state index in [2.05, 4.69) is 9.97 Å². The van der Waals surface area contributed by atoms with E-state index in [1.54, 1.807) is 6.07 Å². The number of halogens is 1. The van der Waals surface area contributed by atoms with Crippen LogP contribution in [0.1, 0.15) is 11.6 Å². The highest BCUT2D eigenvalue weighted by molar-refractivity contribution is 6.30. The summed E-state index contributed by atoms with van der Waals surface area (Å²) in [6.45, 7) is 0. The number of nitriles is 1. The monoisotopic (exact) mass is 227 g/mol. The van der Waals surface area contributed by atoms with Crippen LogP contribution >= 0.6 is 11.6 Å². The summed E-state index contributed by atoms with van der Waals surface area (Å²) in [5, 5.41) is 17.4. The van der Waals surface area contributed by atoms with E-state index >= 15 is 0 Å². The fraction of sp³-hybridized carbons (Fsp3) is 0.250.